The Hall–Kier alpha value is 1.11. The monoisotopic (exact) mass is 320 g/mol. The van der Waals surface area contributed by atoms with E-state index in [9.17, 15) is 4.79 Å². The summed E-state index contributed by atoms with van der Waals surface area (Å²) in [6.45, 7) is 3.70. The molecule has 0 aromatic carbocycles. The molecule has 0 N–H and O–H groups in total. The minimum absolute atomic E-state index is 0.0307. The van der Waals surface area contributed by atoms with Gasteiger partial charge in [0.2, 0.25) is 0 Å². The van der Waals surface area contributed by atoms with Gasteiger partial charge in [0.25, 0.3) is 0 Å². The lowest BCUT2D eigenvalue weighted by atomic mass is 10.1. The molecule has 1 nitrogen and oxygen atoms in total. The smallest absolute Gasteiger partial charge is 0.192 e. The Morgan fingerprint density at radius 2 is 1.67 bits per heavy atom. The maximum absolute atomic E-state index is 11.0. The number of carbonyl (C=O) groups is 1. The largest absolute Gasteiger partial charge is 0.296 e. The molecule has 0 rings (SSSR count). The maximum Gasteiger partial charge on any atom is 0.192 e. The van der Waals surface area contributed by atoms with E-state index in [4.69, 9.17) is 0 Å². The topological polar surface area (TPSA) is 17.1 Å². The van der Waals surface area contributed by atoms with Gasteiger partial charge in [-0.05, 0) is 0 Å². The number of carbonyl (C=O) groups excluding carboxylic acids is 1. The number of hydrogen-bond donors (Lipinski definition) is 0. The number of halogens is 3. The van der Waals surface area contributed by atoms with Crippen molar-refractivity contribution >= 4 is 53.6 Å². The summed E-state index contributed by atoms with van der Waals surface area (Å²) in [5.41, 5.74) is 0. The van der Waals surface area contributed by atoms with Crippen LogP contribution >= 0.6 is 47.8 Å². The lowest BCUT2D eigenvalue weighted by Crippen LogP contribution is -2.22. The summed E-state index contributed by atoms with van der Waals surface area (Å²) in [5.74, 6) is 0.116. The minimum Gasteiger partial charge on any atom is -0.296 e. The quantitative estimate of drug-likeness (QED) is 0.678. The van der Waals surface area contributed by atoms with Crippen LogP contribution in [0, 0.1) is 5.92 Å². The zero-order valence-corrected chi connectivity index (χ0v) is 9.88. The van der Waals surface area contributed by atoms with Gasteiger partial charge in [0.05, 0.1) is 0 Å². The molecule has 54 valence electrons. The van der Waals surface area contributed by atoms with E-state index in [1.807, 2.05) is 13.8 Å². The second-order valence-electron chi connectivity index (χ2n) is 2.02. The molecule has 0 spiro atoms. The summed E-state index contributed by atoms with van der Waals surface area (Å²) < 4.78 is -0.721. The minimum atomic E-state index is -0.721. The van der Waals surface area contributed by atoms with Crippen molar-refractivity contribution < 1.29 is 4.79 Å². The van der Waals surface area contributed by atoms with E-state index in [1.165, 1.54) is 0 Å². The molecule has 0 aromatic rings. The Balaban J connectivity index is 4.06. The van der Waals surface area contributed by atoms with E-state index < -0.39 is 2.14 Å². The van der Waals surface area contributed by atoms with Crippen LogP contribution in [0.4, 0.5) is 0 Å². The number of ketones is 1. The molecular formula is C5H7Br3O. The molecule has 0 radical (unpaired) electrons. The molecule has 0 heterocycles. The first-order chi connectivity index (χ1) is 3.85. The van der Waals surface area contributed by atoms with Crippen LogP contribution in [0.3, 0.4) is 0 Å². The van der Waals surface area contributed by atoms with Gasteiger partial charge in [0, 0.05) is 5.92 Å². The number of alkyl halides is 3. The van der Waals surface area contributed by atoms with Crippen molar-refractivity contribution in [2.24, 2.45) is 5.92 Å². The summed E-state index contributed by atoms with van der Waals surface area (Å²) in [6, 6.07) is 0. The molecule has 4 heteroatoms. The van der Waals surface area contributed by atoms with Crippen LogP contribution in [-0.2, 0) is 4.79 Å². The molecule has 0 aromatic heterocycles. The highest BCUT2D eigenvalue weighted by atomic mass is 80.0. The average molecular weight is 323 g/mol. The first-order valence-corrected chi connectivity index (χ1v) is 4.84. The molecule has 0 atom stereocenters. The van der Waals surface area contributed by atoms with Crippen molar-refractivity contribution in [2.45, 2.75) is 16.0 Å². The maximum atomic E-state index is 11.0. The van der Waals surface area contributed by atoms with Crippen molar-refractivity contribution in [1.82, 2.24) is 0 Å². The normalized spacial score (nSPS) is 12.2. The third kappa shape index (κ3) is 3.73. The molecule has 0 bridgehead atoms. The van der Waals surface area contributed by atoms with Crippen molar-refractivity contribution in [3.05, 3.63) is 0 Å². The Morgan fingerprint density at radius 1 is 1.33 bits per heavy atom. The van der Waals surface area contributed by atoms with Gasteiger partial charge in [-0.25, -0.2) is 0 Å². The highest BCUT2D eigenvalue weighted by Crippen LogP contribution is 2.36. The number of rotatable bonds is 1. The second kappa shape index (κ2) is 3.49. The van der Waals surface area contributed by atoms with Gasteiger partial charge in [0.15, 0.2) is 7.93 Å². The van der Waals surface area contributed by atoms with E-state index in [0.717, 1.165) is 0 Å². The fourth-order valence-electron chi connectivity index (χ4n) is 0.327. The van der Waals surface area contributed by atoms with Crippen LogP contribution in [-0.4, -0.2) is 7.93 Å². The van der Waals surface area contributed by atoms with Gasteiger partial charge in [-0.1, -0.05) is 61.6 Å². The summed E-state index contributed by atoms with van der Waals surface area (Å²) in [4.78, 5) is 11.0. The van der Waals surface area contributed by atoms with E-state index in [0.29, 0.717) is 0 Å². The Bertz CT molecular complexity index is 114. The van der Waals surface area contributed by atoms with Crippen molar-refractivity contribution in [1.29, 1.82) is 0 Å². The van der Waals surface area contributed by atoms with Gasteiger partial charge in [-0.15, -0.1) is 0 Å². The van der Waals surface area contributed by atoms with Gasteiger partial charge in [-0.2, -0.15) is 0 Å². The molecule has 0 saturated carbocycles. The molecule has 0 aliphatic heterocycles. The highest BCUT2D eigenvalue weighted by Gasteiger charge is 2.30. The third-order valence-corrected chi connectivity index (χ3v) is 1.98. The Labute approximate surface area is 80.0 Å². The van der Waals surface area contributed by atoms with Gasteiger partial charge in [-0.3, -0.25) is 4.79 Å². The summed E-state index contributed by atoms with van der Waals surface area (Å²) in [6.07, 6.45) is 0. The molecule has 0 amide bonds. The number of Topliss-reactive ketones (excluding diaryl/α,β-unsaturated/α-hetero) is 1. The summed E-state index contributed by atoms with van der Waals surface area (Å²) in [7, 11) is 0. The van der Waals surface area contributed by atoms with Gasteiger partial charge < -0.3 is 0 Å². The molecule has 0 fully saturated rings. The van der Waals surface area contributed by atoms with Crippen LogP contribution in [0.5, 0.6) is 0 Å². The van der Waals surface area contributed by atoms with Crippen LogP contribution in [0.1, 0.15) is 13.8 Å². The van der Waals surface area contributed by atoms with Crippen LogP contribution in [0.25, 0.3) is 0 Å². The van der Waals surface area contributed by atoms with Gasteiger partial charge >= 0.3 is 0 Å². The standard InChI is InChI=1S/C5H7Br3O/c1-3(2)4(9)5(6,7)8/h3H,1-2H3. The Kier molecular flexibility index (Phi) is 3.92. The molecule has 0 aliphatic carbocycles. The molecule has 0 saturated heterocycles. The number of hydrogen-bond acceptors (Lipinski definition) is 1. The highest BCUT2D eigenvalue weighted by molar-refractivity contribution is 9.40. The predicted molar refractivity (Wildman–Crippen MR) is 49.4 cm³/mol. The molecular weight excluding hydrogens is 316 g/mol. The second-order valence-corrected chi connectivity index (χ2v) is 8.78. The molecule has 9 heavy (non-hydrogen) atoms. The summed E-state index contributed by atoms with van der Waals surface area (Å²) >= 11 is 9.38. The molecule has 0 unspecified atom stereocenters. The third-order valence-electron chi connectivity index (χ3n) is 0.804. The van der Waals surface area contributed by atoms with Gasteiger partial charge in [0.1, 0.15) is 0 Å². The summed E-state index contributed by atoms with van der Waals surface area (Å²) in [5, 5.41) is 0. The average Bonchev–Trinajstić information content (AvgIpc) is 1.62. The van der Waals surface area contributed by atoms with Crippen LogP contribution in [0.2, 0.25) is 0 Å². The van der Waals surface area contributed by atoms with E-state index in [2.05, 4.69) is 47.8 Å². The van der Waals surface area contributed by atoms with E-state index in [1.54, 1.807) is 0 Å². The zero-order valence-electron chi connectivity index (χ0n) is 5.12. The van der Waals surface area contributed by atoms with Crippen molar-refractivity contribution in [3.8, 4) is 0 Å². The Morgan fingerprint density at radius 3 is 1.67 bits per heavy atom. The zero-order chi connectivity index (χ0) is 7.65. The van der Waals surface area contributed by atoms with E-state index in [-0.39, 0.29) is 11.7 Å². The predicted octanol–water partition coefficient (Wildman–Crippen LogP) is 3.05. The lowest BCUT2D eigenvalue weighted by Gasteiger charge is -2.12. The lowest BCUT2D eigenvalue weighted by molar-refractivity contribution is -0.120. The fraction of sp³-hybridized carbons (Fsp3) is 0.800. The molecule has 0 aliphatic rings. The van der Waals surface area contributed by atoms with E-state index >= 15 is 0 Å². The fourth-order valence-corrected chi connectivity index (χ4v) is 1.70. The van der Waals surface area contributed by atoms with Crippen LogP contribution < -0.4 is 0 Å². The van der Waals surface area contributed by atoms with Crippen molar-refractivity contribution in [3.63, 3.8) is 0 Å². The van der Waals surface area contributed by atoms with Crippen molar-refractivity contribution in [2.75, 3.05) is 0 Å². The van der Waals surface area contributed by atoms with Crippen LogP contribution in [0.15, 0.2) is 0 Å². The first-order valence-electron chi connectivity index (χ1n) is 2.46. The SMILES string of the molecule is CC(C)C(=O)C(Br)(Br)Br. The first kappa shape index (κ1) is 10.1.